The molecule has 6 nitrogen and oxygen atoms in total. The summed E-state index contributed by atoms with van der Waals surface area (Å²) < 4.78 is 38.9. The maximum absolute atomic E-state index is 13.2. The molecule has 2 amide bonds. The van der Waals surface area contributed by atoms with Gasteiger partial charge in [-0.1, -0.05) is 6.92 Å². The van der Waals surface area contributed by atoms with E-state index in [1.54, 1.807) is 18.0 Å². The van der Waals surface area contributed by atoms with Gasteiger partial charge < -0.3 is 20.9 Å². The van der Waals surface area contributed by atoms with Crippen LogP contribution in [0.4, 0.5) is 24.5 Å². The molecule has 32 heavy (non-hydrogen) atoms. The first-order valence-corrected chi connectivity index (χ1v) is 11.3. The summed E-state index contributed by atoms with van der Waals surface area (Å²) in [5.41, 5.74) is 8.92. The molecule has 1 heterocycles. The molecule has 1 saturated heterocycles. The van der Waals surface area contributed by atoms with Crippen LogP contribution in [0.15, 0.2) is 12.1 Å². The van der Waals surface area contributed by atoms with Crippen LogP contribution in [0.3, 0.4) is 0 Å². The van der Waals surface area contributed by atoms with Gasteiger partial charge in [0.05, 0.1) is 23.7 Å². The van der Waals surface area contributed by atoms with Gasteiger partial charge in [0, 0.05) is 31.9 Å². The van der Waals surface area contributed by atoms with Crippen LogP contribution in [0.5, 0.6) is 0 Å². The van der Waals surface area contributed by atoms with E-state index in [0.29, 0.717) is 54.7 Å². The van der Waals surface area contributed by atoms with E-state index < -0.39 is 12.1 Å². The number of piperazine rings is 1. The fraction of sp³-hybridized carbons (Fsp3) is 0.652. The van der Waals surface area contributed by atoms with Crippen molar-refractivity contribution < 1.29 is 22.8 Å². The van der Waals surface area contributed by atoms with Crippen molar-refractivity contribution in [2.24, 2.45) is 11.8 Å². The number of anilines is 2. The standard InChI is InChI=1S/C23H31F3N4O2/c1-13-9-16(13)17-11-20(30-8-7-29(2)21(31)12-30)18(10-19(17)27)22(32)28-15-5-3-14(4-6-15)23(24,25)26/h10-11,13-16H,3-9,12,27H2,1-2H3,(H,28,32). The number of amides is 2. The van der Waals surface area contributed by atoms with Crippen molar-refractivity contribution in [3.8, 4) is 0 Å². The zero-order valence-corrected chi connectivity index (χ0v) is 18.5. The van der Waals surface area contributed by atoms with Crippen LogP contribution in [0.1, 0.15) is 60.9 Å². The molecule has 0 aromatic heterocycles. The van der Waals surface area contributed by atoms with Crippen LogP contribution in [-0.4, -0.2) is 55.6 Å². The minimum atomic E-state index is -4.18. The number of carbonyl (C=O) groups is 2. The molecule has 4 rings (SSSR count). The summed E-state index contributed by atoms with van der Waals surface area (Å²) in [6.07, 6.45) is -2.50. The molecule has 2 atom stereocenters. The second-order valence-electron chi connectivity index (χ2n) is 9.62. The van der Waals surface area contributed by atoms with Gasteiger partial charge in [-0.05, 0) is 61.6 Å². The average molecular weight is 453 g/mol. The molecule has 176 valence electrons. The Kier molecular flexibility index (Phi) is 6.02. The van der Waals surface area contributed by atoms with Gasteiger partial charge in [-0.2, -0.15) is 13.2 Å². The van der Waals surface area contributed by atoms with E-state index in [2.05, 4.69) is 12.2 Å². The van der Waals surface area contributed by atoms with Crippen molar-refractivity contribution in [1.29, 1.82) is 0 Å². The summed E-state index contributed by atoms with van der Waals surface area (Å²) in [4.78, 5) is 29.1. The highest BCUT2D eigenvalue weighted by molar-refractivity contribution is 6.02. The molecule has 2 saturated carbocycles. The van der Waals surface area contributed by atoms with Gasteiger partial charge in [-0.25, -0.2) is 0 Å². The number of carbonyl (C=O) groups excluding carboxylic acids is 2. The fourth-order valence-corrected chi connectivity index (χ4v) is 4.93. The largest absolute Gasteiger partial charge is 0.398 e. The van der Waals surface area contributed by atoms with Crippen LogP contribution in [0.2, 0.25) is 0 Å². The maximum Gasteiger partial charge on any atom is 0.391 e. The Hall–Kier alpha value is -2.45. The van der Waals surface area contributed by atoms with Gasteiger partial charge in [0.1, 0.15) is 0 Å². The molecule has 2 unspecified atom stereocenters. The number of halogens is 3. The molecular formula is C23H31F3N4O2. The first-order valence-electron chi connectivity index (χ1n) is 11.3. The average Bonchev–Trinajstić information content (AvgIpc) is 3.45. The SMILES string of the molecule is CC1CC1c1cc(N2CCN(C)C(=O)C2)c(C(=O)NC2CCC(C(F)(F)F)CC2)cc1N. The Labute approximate surface area is 186 Å². The van der Waals surface area contributed by atoms with Crippen molar-refractivity contribution in [3.63, 3.8) is 0 Å². The third-order valence-corrected chi connectivity index (χ3v) is 7.28. The minimum Gasteiger partial charge on any atom is -0.398 e. The highest BCUT2D eigenvalue weighted by atomic mass is 19.4. The van der Waals surface area contributed by atoms with Crippen molar-refractivity contribution in [1.82, 2.24) is 10.2 Å². The Balaban J connectivity index is 1.55. The van der Waals surface area contributed by atoms with E-state index in [-0.39, 0.29) is 37.2 Å². The zero-order chi connectivity index (χ0) is 23.2. The normalized spacial score (nSPS) is 28.6. The molecular weight excluding hydrogens is 421 g/mol. The third-order valence-electron chi connectivity index (χ3n) is 7.28. The molecule has 2 aliphatic carbocycles. The van der Waals surface area contributed by atoms with E-state index in [1.165, 1.54) is 0 Å². The van der Waals surface area contributed by atoms with Crippen molar-refractivity contribution in [2.75, 3.05) is 37.3 Å². The lowest BCUT2D eigenvalue weighted by Gasteiger charge is -2.35. The van der Waals surface area contributed by atoms with Crippen LogP contribution in [0, 0.1) is 11.8 Å². The molecule has 1 aromatic rings. The third kappa shape index (κ3) is 4.66. The number of likely N-dealkylation sites (N-methyl/N-ethyl adjacent to an activating group) is 1. The van der Waals surface area contributed by atoms with Gasteiger partial charge in [-0.15, -0.1) is 0 Å². The number of alkyl halides is 3. The van der Waals surface area contributed by atoms with Gasteiger partial charge in [-0.3, -0.25) is 9.59 Å². The Bertz CT molecular complexity index is 896. The summed E-state index contributed by atoms with van der Waals surface area (Å²) in [5.74, 6) is -0.775. The lowest BCUT2D eigenvalue weighted by Crippen LogP contribution is -2.49. The van der Waals surface area contributed by atoms with Crippen LogP contribution < -0.4 is 16.0 Å². The maximum atomic E-state index is 13.2. The molecule has 9 heteroatoms. The summed E-state index contributed by atoms with van der Waals surface area (Å²) in [6, 6.07) is 3.32. The van der Waals surface area contributed by atoms with E-state index in [1.807, 2.05) is 11.0 Å². The molecule has 3 fully saturated rings. The highest BCUT2D eigenvalue weighted by Crippen LogP contribution is 2.50. The highest BCUT2D eigenvalue weighted by Gasteiger charge is 2.42. The fourth-order valence-electron chi connectivity index (χ4n) is 4.93. The Morgan fingerprint density at radius 3 is 2.38 bits per heavy atom. The van der Waals surface area contributed by atoms with Crippen LogP contribution in [0.25, 0.3) is 0 Å². The smallest absolute Gasteiger partial charge is 0.391 e. The summed E-state index contributed by atoms with van der Waals surface area (Å²) >= 11 is 0. The van der Waals surface area contributed by atoms with Crippen molar-refractivity contribution in [2.45, 2.75) is 57.2 Å². The predicted octanol–water partition coefficient (Wildman–Crippen LogP) is 3.52. The monoisotopic (exact) mass is 452 g/mol. The van der Waals surface area contributed by atoms with Crippen molar-refractivity contribution in [3.05, 3.63) is 23.3 Å². The van der Waals surface area contributed by atoms with Crippen molar-refractivity contribution >= 4 is 23.2 Å². The number of nitrogens with one attached hydrogen (secondary N) is 1. The lowest BCUT2D eigenvalue weighted by molar-refractivity contribution is -0.182. The summed E-state index contributed by atoms with van der Waals surface area (Å²) in [7, 11) is 1.75. The van der Waals surface area contributed by atoms with Gasteiger partial charge in [0.15, 0.2) is 0 Å². The molecule has 3 N–H and O–H groups in total. The zero-order valence-electron chi connectivity index (χ0n) is 18.5. The van der Waals surface area contributed by atoms with Gasteiger partial charge >= 0.3 is 6.18 Å². The predicted molar refractivity (Wildman–Crippen MR) is 116 cm³/mol. The lowest BCUT2D eigenvalue weighted by atomic mass is 9.85. The molecule has 3 aliphatic rings. The van der Waals surface area contributed by atoms with E-state index in [4.69, 9.17) is 5.73 Å². The first-order chi connectivity index (χ1) is 15.0. The number of benzene rings is 1. The van der Waals surface area contributed by atoms with Crippen LogP contribution >= 0.6 is 0 Å². The number of hydrogen-bond acceptors (Lipinski definition) is 4. The number of nitrogen functional groups attached to an aromatic ring is 1. The van der Waals surface area contributed by atoms with E-state index in [0.717, 1.165) is 12.0 Å². The summed E-state index contributed by atoms with van der Waals surface area (Å²) in [6.45, 7) is 3.49. The minimum absolute atomic E-state index is 0.0220. The van der Waals surface area contributed by atoms with Gasteiger partial charge in [0.2, 0.25) is 5.91 Å². The molecule has 1 aromatic carbocycles. The number of nitrogens with two attached hydrogens (primary N) is 1. The number of nitrogens with zero attached hydrogens (tertiary/aromatic N) is 2. The molecule has 1 aliphatic heterocycles. The Morgan fingerprint density at radius 1 is 1.16 bits per heavy atom. The molecule has 0 spiro atoms. The first kappa shape index (κ1) is 22.7. The molecule has 0 radical (unpaired) electrons. The summed E-state index contributed by atoms with van der Waals surface area (Å²) in [5, 5.41) is 2.92. The second kappa shape index (κ2) is 8.48. The molecule has 0 bridgehead atoms. The van der Waals surface area contributed by atoms with E-state index >= 15 is 0 Å². The van der Waals surface area contributed by atoms with Gasteiger partial charge in [0.25, 0.3) is 5.91 Å². The topological polar surface area (TPSA) is 78.7 Å². The van der Waals surface area contributed by atoms with E-state index in [9.17, 15) is 22.8 Å². The number of rotatable bonds is 4. The Morgan fingerprint density at radius 2 is 1.81 bits per heavy atom. The quantitative estimate of drug-likeness (QED) is 0.686. The number of hydrogen-bond donors (Lipinski definition) is 2. The second-order valence-corrected chi connectivity index (χ2v) is 9.62. The van der Waals surface area contributed by atoms with Crippen LogP contribution in [-0.2, 0) is 4.79 Å².